The molecule has 0 fully saturated rings. The second-order valence-corrected chi connectivity index (χ2v) is 6.11. The van der Waals surface area contributed by atoms with E-state index in [1.807, 2.05) is 30.3 Å². The molecule has 0 saturated carbocycles. The molecule has 0 spiro atoms. The van der Waals surface area contributed by atoms with Crippen LogP contribution in [0.2, 0.25) is 0 Å². The first-order chi connectivity index (χ1) is 9.69. The van der Waals surface area contributed by atoms with Gasteiger partial charge in [0.1, 0.15) is 0 Å². The first-order valence-corrected chi connectivity index (χ1v) is 8.19. The molecular formula is C18H21BrO. The number of unbranched alkanes of at least 4 members (excludes halogenated alkanes) is 1. The highest BCUT2D eigenvalue weighted by Gasteiger charge is 2.20. The van der Waals surface area contributed by atoms with Crippen LogP contribution in [0.1, 0.15) is 49.9 Å². The number of hydrogen-bond acceptors (Lipinski definition) is 1. The molecule has 1 atom stereocenters. The fraction of sp³-hybridized carbons (Fsp3) is 0.389. The lowest BCUT2D eigenvalue weighted by atomic mass is 9.88. The van der Waals surface area contributed by atoms with E-state index in [-0.39, 0.29) is 5.92 Å². The number of benzene rings is 2. The van der Waals surface area contributed by atoms with Crippen LogP contribution < -0.4 is 0 Å². The molecule has 1 nitrogen and oxygen atoms in total. The molecular weight excluding hydrogens is 312 g/mol. The maximum atomic E-state index is 12.8. The summed E-state index contributed by atoms with van der Waals surface area (Å²) in [6, 6.07) is 12.1. The summed E-state index contributed by atoms with van der Waals surface area (Å²) in [5.41, 5.74) is 0.867. The summed E-state index contributed by atoms with van der Waals surface area (Å²) in [4.78, 5) is 12.8. The summed E-state index contributed by atoms with van der Waals surface area (Å²) in [6.45, 7) is 4.28. The lowest BCUT2D eigenvalue weighted by molar-refractivity contribution is 0.0910. The van der Waals surface area contributed by atoms with Crippen molar-refractivity contribution in [2.24, 2.45) is 5.92 Å². The first-order valence-electron chi connectivity index (χ1n) is 7.40. The van der Waals surface area contributed by atoms with Crippen LogP contribution in [-0.2, 0) is 0 Å². The van der Waals surface area contributed by atoms with Crippen LogP contribution in [0.4, 0.5) is 0 Å². The summed E-state index contributed by atoms with van der Waals surface area (Å²) < 4.78 is 1.05. The van der Waals surface area contributed by atoms with Gasteiger partial charge < -0.3 is 0 Å². The molecule has 0 aliphatic carbocycles. The fourth-order valence-electron chi connectivity index (χ4n) is 2.67. The van der Waals surface area contributed by atoms with Crippen LogP contribution in [-0.4, -0.2) is 5.78 Å². The predicted molar refractivity (Wildman–Crippen MR) is 89.3 cm³/mol. The minimum atomic E-state index is 0.152. The van der Waals surface area contributed by atoms with E-state index in [0.29, 0.717) is 5.78 Å². The molecule has 2 aromatic carbocycles. The van der Waals surface area contributed by atoms with Crippen molar-refractivity contribution in [1.29, 1.82) is 0 Å². The molecule has 0 aliphatic rings. The maximum absolute atomic E-state index is 12.8. The molecule has 0 radical (unpaired) electrons. The van der Waals surface area contributed by atoms with Gasteiger partial charge in [-0.05, 0) is 35.7 Å². The van der Waals surface area contributed by atoms with Crippen LogP contribution >= 0.6 is 15.9 Å². The summed E-state index contributed by atoms with van der Waals surface area (Å²) in [5, 5.41) is 2.17. The minimum Gasteiger partial charge on any atom is -0.294 e. The number of rotatable bonds is 6. The Hall–Kier alpha value is -1.15. The molecule has 0 aliphatic heterocycles. The molecule has 106 valence electrons. The van der Waals surface area contributed by atoms with Crippen molar-refractivity contribution in [2.45, 2.75) is 39.5 Å². The molecule has 0 amide bonds. The third-order valence-electron chi connectivity index (χ3n) is 3.91. The van der Waals surface area contributed by atoms with Gasteiger partial charge in [0, 0.05) is 16.0 Å². The van der Waals surface area contributed by atoms with Crippen LogP contribution in [0.25, 0.3) is 10.8 Å². The zero-order chi connectivity index (χ0) is 14.5. The van der Waals surface area contributed by atoms with Gasteiger partial charge in [-0.1, -0.05) is 66.9 Å². The van der Waals surface area contributed by atoms with Gasteiger partial charge in [-0.3, -0.25) is 4.79 Å². The lowest BCUT2D eigenvalue weighted by Gasteiger charge is -2.15. The fourth-order valence-corrected chi connectivity index (χ4v) is 3.15. The van der Waals surface area contributed by atoms with Gasteiger partial charge in [0.2, 0.25) is 0 Å². The Labute approximate surface area is 129 Å². The average molecular weight is 333 g/mol. The number of halogens is 1. The van der Waals surface area contributed by atoms with Gasteiger partial charge in [0.05, 0.1) is 0 Å². The molecule has 1 unspecified atom stereocenters. The number of fused-ring (bicyclic) bond motifs is 1. The monoisotopic (exact) mass is 332 g/mol. The number of carbonyl (C=O) groups is 1. The molecule has 0 bridgehead atoms. The Morgan fingerprint density at radius 3 is 2.45 bits per heavy atom. The number of hydrogen-bond donors (Lipinski definition) is 0. The molecule has 2 rings (SSSR count). The van der Waals surface area contributed by atoms with Gasteiger partial charge in [-0.25, -0.2) is 0 Å². The minimum absolute atomic E-state index is 0.152. The Bertz CT molecular complexity index is 603. The third-order valence-corrected chi connectivity index (χ3v) is 4.60. The molecule has 0 aromatic heterocycles. The lowest BCUT2D eigenvalue weighted by Crippen LogP contribution is -2.14. The second-order valence-electron chi connectivity index (χ2n) is 5.25. The van der Waals surface area contributed by atoms with Gasteiger partial charge >= 0.3 is 0 Å². The van der Waals surface area contributed by atoms with Crippen LogP contribution in [0.15, 0.2) is 40.9 Å². The highest BCUT2D eigenvalue weighted by Crippen LogP contribution is 2.29. The van der Waals surface area contributed by atoms with E-state index in [2.05, 4.69) is 35.8 Å². The predicted octanol–water partition coefficient (Wildman–Crippen LogP) is 6.00. The normalized spacial score (nSPS) is 12.6. The number of carbonyl (C=O) groups excluding carboxylic acids is 1. The Morgan fingerprint density at radius 2 is 1.80 bits per heavy atom. The first kappa shape index (κ1) is 15.2. The molecule has 2 aromatic rings. The smallest absolute Gasteiger partial charge is 0.166 e. The van der Waals surface area contributed by atoms with E-state index >= 15 is 0 Å². The molecule has 2 heteroatoms. The van der Waals surface area contributed by atoms with Gasteiger partial charge in [-0.15, -0.1) is 0 Å². The van der Waals surface area contributed by atoms with E-state index in [1.54, 1.807) is 0 Å². The Morgan fingerprint density at radius 1 is 1.10 bits per heavy atom. The van der Waals surface area contributed by atoms with Crippen LogP contribution in [0, 0.1) is 5.92 Å². The quantitative estimate of drug-likeness (QED) is 0.592. The maximum Gasteiger partial charge on any atom is 0.166 e. The summed E-state index contributed by atoms with van der Waals surface area (Å²) in [5.74, 6) is 0.448. The average Bonchev–Trinajstić information content (AvgIpc) is 2.48. The van der Waals surface area contributed by atoms with Crippen molar-refractivity contribution >= 4 is 32.5 Å². The molecule has 0 heterocycles. The van der Waals surface area contributed by atoms with Crippen LogP contribution in [0.5, 0.6) is 0 Å². The summed E-state index contributed by atoms with van der Waals surface area (Å²) >= 11 is 3.56. The van der Waals surface area contributed by atoms with Gasteiger partial charge in [-0.2, -0.15) is 0 Å². The third kappa shape index (κ3) is 3.12. The largest absolute Gasteiger partial charge is 0.294 e. The van der Waals surface area contributed by atoms with E-state index in [9.17, 15) is 4.79 Å². The van der Waals surface area contributed by atoms with E-state index in [0.717, 1.165) is 46.5 Å². The molecule has 0 saturated heterocycles. The van der Waals surface area contributed by atoms with Crippen molar-refractivity contribution < 1.29 is 4.79 Å². The number of ketones is 1. The number of Topliss-reactive ketones (excluding diaryl/α,β-unsaturated/α-hetero) is 1. The standard InChI is InChI=1S/C18H21BrO/c1-3-5-8-13(4-2)18(20)16-11-12-17(19)15-10-7-6-9-14(15)16/h6-7,9-13H,3-5,8H2,1-2H3. The van der Waals surface area contributed by atoms with Gasteiger partial charge in [0.15, 0.2) is 5.78 Å². The molecule has 0 N–H and O–H groups in total. The van der Waals surface area contributed by atoms with Crippen molar-refractivity contribution in [1.82, 2.24) is 0 Å². The van der Waals surface area contributed by atoms with E-state index in [1.165, 1.54) is 0 Å². The van der Waals surface area contributed by atoms with Crippen molar-refractivity contribution in [2.75, 3.05) is 0 Å². The highest BCUT2D eigenvalue weighted by atomic mass is 79.9. The van der Waals surface area contributed by atoms with Gasteiger partial charge in [0.25, 0.3) is 0 Å². The van der Waals surface area contributed by atoms with Crippen LogP contribution in [0.3, 0.4) is 0 Å². The van der Waals surface area contributed by atoms with E-state index < -0.39 is 0 Å². The Balaban J connectivity index is 2.41. The van der Waals surface area contributed by atoms with Crippen molar-refractivity contribution in [3.63, 3.8) is 0 Å². The van der Waals surface area contributed by atoms with Crippen molar-refractivity contribution in [3.05, 3.63) is 46.4 Å². The van der Waals surface area contributed by atoms with E-state index in [4.69, 9.17) is 0 Å². The SMILES string of the molecule is CCCCC(CC)C(=O)c1ccc(Br)c2ccccc12. The zero-order valence-corrected chi connectivity index (χ0v) is 13.7. The summed E-state index contributed by atoms with van der Waals surface area (Å²) in [7, 11) is 0. The van der Waals surface area contributed by atoms with Crippen molar-refractivity contribution in [3.8, 4) is 0 Å². The summed E-state index contributed by atoms with van der Waals surface area (Å²) in [6.07, 6.45) is 4.18. The zero-order valence-electron chi connectivity index (χ0n) is 12.2. The molecule has 20 heavy (non-hydrogen) atoms. The topological polar surface area (TPSA) is 17.1 Å². The Kier molecular flexibility index (Phi) is 5.36. The highest BCUT2D eigenvalue weighted by molar-refractivity contribution is 9.10. The second kappa shape index (κ2) is 7.03.